The summed E-state index contributed by atoms with van der Waals surface area (Å²) in [6, 6.07) is 8.06. The van der Waals surface area contributed by atoms with Crippen LogP contribution in [-0.4, -0.2) is 22.1 Å². The molecule has 0 aliphatic rings. The van der Waals surface area contributed by atoms with Crippen LogP contribution < -0.4 is 4.74 Å². The standard InChI is InChI=1S/C16H17N3O/c1-3-4-13-14(11-5-7-12(20-2)8-6-11)19-16-15(13)17-9-10-18-16/h5-10H,3-4H2,1-2H3,(H,18,19). The van der Waals surface area contributed by atoms with E-state index in [1.54, 1.807) is 19.5 Å². The first kappa shape index (κ1) is 12.7. The third-order valence-corrected chi connectivity index (χ3v) is 3.41. The summed E-state index contributed by atoms with van der Waals surface area (Å²) >= 11 is 0. The van der Waals surface area contributed by atoms with E-state index in [1.165, 1.54) is 5.56 Å². The highest BCUT2D eigenvalue weighted by atomic mass is 16.5. The van der Waals surface area contributed by atoms with Crippen LogP contribution in [0.3, 0.4) is 0 Å². The number of ether oxygens (including phenoxy) is 1. The van der Waals surface area contributed by atoms with Crippen LogP contribution in [0, 0.1) is 0 Å². The first-order chi connectivity index (χ1) is 9.83. The Morgan fingerprint density at radius 1 is 1.10 bits per heavy atom. The Morgan fingerprint density at radius 2 is 1.85 bits per heavy atom. The number of benzene rings is 1. The van der Waals surface area contributed by atoms with Gasteiger partial charge in [0, 0.05) is 18.0 Å². The fourth-order valence-electron chi connectivity index (χ4n) is 2.46. The molecule has 3 rings (SSSR count). The van der Waals surface area contributed by atoms with E-state index in [9.17, 15) is 0 Å². The topological polar surface area (TPSA) is 50.8 Å². The zero-order valence-electron chi connectivity index (χ0n) is 11.7. The minimum Gasteiger partial charge on any atom is -0.497 e. The van der Waals surface area contributed by atoms with Crippen molar-refractivity contribution in [2.75, 3.05) is 7.11 Å². The maximum absolute atomic E-state index is 5.21. The van der Waals surface area contributed by atoms with Crippen LogP contribution in [0.2, 0.25) is 0 Å². The van der Waals surface area contributed by atoms with Gasteiger partial charge in [0.05, 0.1) is 12.8 Å². The van der Waals surface area contributed by atoms with Gasteiger partial charge in [-0.3, -0.25) is 4.98 Å². The molecule has 0 amide bonds. The molecule has 0 saturated carbocycles. The second-order valence-corrected chi connectivity index (χ2v) is 4.71. The number of hydrogen-bond donors (Lipinski definition) is 1. The first-order valence-electron chi connectivity index (χ1n) is 6.79. The Hall–Kier alpha value is -2.36. The molecule has 0 saturated heterocycles. The van der Waals surface area contributed by atoms with Crippen LogP contribution in [0.25, 0.3) is 22.4 Å². The number of aromatic nitrogens is 3. The molecule has 1 N–H and O–H groups in total. The van der Waals surface area contributed by atoms with Crippen LogP contribution >= 0.6 is 0 Å². The monoisotopic (exact) mass is 267 g/mol. The molecule has 0 aliphatic heterocycles. The minimum absolute atomic E-state index is 0.849. The molecule has 0 atom stereocenters. The first-order valence-corrected chi connectivity index (χ1v) is 6.79. The Balaban J connectivity index is 2.15. The number of fused-ring (bicyclic) bond motifs is 1. The number of methoxy groups -OCH3 is 1. The Morgan fingerprint density at radius 3 is 2.55 bits per heavy atom. The molecule has 1 aromatic carbocycles. The Kier molecular flexibility index (Phi) is 3.37. The molecule has 0 bridgehead atoms. The molecular weight excluding hydrogens is 250 g/mol. The van der Waals surface area contributed by atoms with Crippen LogP contribution in [-0.2, 0) is 6.42 Å². The van der Waals surface area contributed by atoms with Crippen molar-refractivity contribution in [1.82, 2.24) is 15.0 Å². The quantitative estimate of drug-likeness (QED) is 0.786. The Bertz CT molecular complexity index is 716. The van der Waals surface area contributed by atoms with Crippen molar-refractivity contribution in [2.24, 2.45) is 0 Å². The number of hydrogen-bond acceptors (Lipinski definition) is 3. The van der Waals surface area contributed by atoms with Crippen molar-refractivity contribution in [3.05, 3.63) is 42.2 Å². The zero-order valence-corrected chi connectivity index (χ0v) is 11.7. The smallest absolute Gasteiger partial charge is 0.156 e. The number of aryl methyl sites for hydroxylation is 1. The third-order valence-electron chi connectivity index (χ3n) is 3.41. The average Bonchev–Trinajstić information content (AvgIpc) is 2.87. The summed E-state index contributed by atoms with van der Waals surface area (Å²) in [7, 11) is 1.67. The summed E-state index contributed by atoms with van der Waals surface area (Å²) in [4.78, 5) is 12.2. The lowest BCUT2D eigenvalue weighted by molar-refractivity contribution is 0.415. The summed E-state index contributed by atoms with van der Waals surface area (Å²) in [5.74, 6) is 0.859. The van der Waals surface area contributed by atoms with Crippen molar-refractivity contribution >= 4 is 11.2 Å². The fraction of sp³-hybridized carbons (Fsp3) is 0.250. The maximum atomic E-state index is 5.21. The molecule has 0 fully saturated rings. The SMILES string of the molecule is CCCc1c(-c2ccc(OC)cc2)[nH]c2nccnc12. The second-order valence-electron chi connectivity index (χ2n) is 4.71. The minimum atomic E-state index is 0.849. The lowest BCUT2D eigenvalue weighted by Gasteiger charge is -2.05. The third kappa shape index (κ3) is 2.13. The van der Waals surface area contributed by atoms with Gasteiger partial charge in [0.15, 0.2) is 5.65 Å². The molecule has 2 heterocycles. The molecule has 2 aromatic heterocycles. The van der Waals surface area contributed by atoms with E-state index >= 15 is 0 Å². The molecule has 3 aromatic rings. The second kappa shape index (κ2) is 5.33. The molecule has 0 radical (unpaired) electrons. The van der Waals surface area contributed by atoms with Gasteiger partial charge in [0.2, 0.25) is 0 Å². The summed E-state index contributed by atoms with van der Waals surface area (Å²) in [5, 5.41) is 0. The van der Waals surface area contributed by atoms with Gasteiger partial charge in [-0.05, 0) is 36.2 Å². The summed E-state index contributed by atoms with van der Waals surface area (Å²) in [6.07, 6.45) is 5.52. The molecule has 0 aliphatic carbocycles. The summed E-state index contributed by atoms with van der Waals surface area (Å²) in [5.41, 5.74) is 5.30. The van der Waals surface area contributed by atoms with Gasteiger partial charge in [-0.1, -0.05) is 13.3 Å². The highest BCUT2D eigenvalue weighted by molar-refractivity contribution is 5.85. The normalized spacial score (nSPS) is 10.9. The number of nitrogens with zero attached hydrogens (tertiary/aromatic N) is 2. The molecule has 4 nitrogen and oxygen atoms in total. The molecule has 4 heteroatoms. The highest BCUT2D eigenvalue weighted by Crippen LogP contribution is 2.30. The van der Waals surface area contributed by atoms with Gasteiger partial charge in [-0.25, -0.2) is 4.98 Å². The fourth-order valence-corrected chi connectivity index (χ4v) is 2.46. The average molecular weight is 267 g/mol. The lowest BCUT2D eigenvalue weighted by Crippen LogP contribution is -1.88. The Labute approximate surface area is 117 Å². The van der Waals surface area contributed by atoms with E-state index in [0.717, 1.165) is 41.0 Å². The van der Waals surface area contributed by atoms with Crippen LogP contribution in [0.1, 0.15) is 18.9 Å². The van der Waals surface area contributed by atoms with Gasteiger partial charge in [0.25, 0.3) is 0 Å². The number of aromatic amines is 1. The van der Waals surface area contributed by atoms with E-state index in [1.807, 2.05) is 12.1 Å². The predicted molar refractivity (Wildman–Crippen MR) is 79.9 cm³/mol. The van der Waals surface area contributed by atoms with Crippen LogP contribution in [0.5, 0.6) is 5.75 Å². The van der Waals surface area contributed by atoms with E-state index in [-0.39, 0.29) is 0 Å². The van der Waals surface area contributed by atoms with E-state index in [2.05, 4.69) is 34.0 Å². The summed E-state index contributed by atoms with van der Waals surface area (Å²) in [6.45, 7) is 2.17. The van der Waals surface area contributed by atoms with Gasteiger partial charge in [-0.2, -0.15) is 0 Å². The number of H-pyrrole nitrogens is 1. The van der Waals surface area contributed by atoms with Gasteiger partial charge in [-0.15, -0.1) is 0 Å². The van der Waals surface area contributed by atoms with Crippen molar-refractivity contribution in [3.63, 3.8) is 0 Å². The molecular formula is C16H17N3O. The largest absolute Gasteiger partial charge is 0.497 e. The molecule has 0 unspecified atom stereocenters. The van der Waals surface area contributed by atoms with Crippen molar-refractivity contribution in [2.45, 2.75) is 19.8 Å². The van der Waals surface area contributed by atoms with Crippen molar-refractivity contribution in [1.29, 1.82) is 0 Å². The highest BCUT2D eigenvalue weighted by Gasteiger charge is 2.14. The number of rotatable bonds is 4. The van der Waals surface area contributed by atoms with E-state index < -0.39 is 0 Å². The lowest BCUT2D eigenvalue weighted by atomic mass is 10.0. The number of nitrogens with one attached hydrogen (secondary N) is 1. The summed E-state index contributed by atoms with van der Waals surface area (Å²) < 4.78 is 5.21. The van der Waals surface area contributed by atoms with Crippen LogP contribution in [0.15, 0.2) is 36.7 Å². The van der Waals surface area contributed by atoms with E-state index in [4.69, 9.17) is 4.74 Å². The van der Waals surface area contributed by atoms with Crippen molar-refractivity contribution < 1.29 is 4.74 Å². The van der Waals surface area contributed by atoms with E-state index in [0.29, 0.717) is 0 Å². The molecule has 0 spiro atoms. The maximum Gasteiger partial charge on any atom is 0.156 e. The van der Waals surface area contributed by atoms with Crippen LogP contribution in [0.4, 0.5) is 0 Å². The molecule has 102 valence electrons. The van der Waals surface area contributed by atoms with Crippen molar-refractivity contribution in [3.8, 4) is 17.0 Å². The van der Waals surface area contributed by atoms with Gasteiger partial charge < -0.3 is 9.72 Å². The predicted octanol–water partition coefficient (Wildman–Crippen LogP) is 3.59. The zero-order chi connectivity index (χ0) is 13.9. The van der Waals surface area contributed by atoms with Gasteiger partial charge in [0.1, 0.15) is 11.3 Å². The van der Waals surface area contributed by atoms with Gasteiger partial charge >= 0.3 is 0 Å². The molecule has 20 heavy (non-hydrogen) atoms.